The summed E-state index contributed by atoms with van der Waals surface area (Å²) in [5.74, 6) is 1.87. The van der Waals surface area contributed by atoms with Crippen molar-refractivity contribution in [3.63, 3.8) is 0 Å². The zero-order valence-corrected chi connectivity index (χ0v) is 11.0. The van der Waals surface area contributed by atoms with Crippen LogP contribution in [0.25, 0.3) is 0 Å². The molecule has 2 aromatic rings. The number of hydrogen-bond donors (Lipinski definition) is 1. The van der Waals surface area contributed by atoms with Crippen molar-refractivity contribution < 1.29 is 4.74 Å². The summed E-state index contributed by atoms with van der Waals surface area (Å²) >= 11 is 0. The first-order valence-electron chi connectivity index (χ1n) is 6.96. The van der Waals surface area contributed by atoms with Crippen molar-refractivity contribution in [3.05, 3.63) is 60.2 Å². The van der Waals surface area contributed by atoms with Crippen LogP contribution in [0.5, 0.6) is 11.5 Å². The van der Waals surface area contributed by atoms with Crippen LogP contribution in [-0.2, 0) is 6.42 Å². The van der Waals surface area contributed by atoms with E-state index in [1.165, 1.54) is 18.4 Å². The van der Waals surface area contributed by atoms with Crippen LogP contribution >= 0.6 is 0 Å². The smallest absolute Gasteiger partial charge is 0.130 e. The molecule has 1 fully saturated rings. The van der Waals surface area contributed by atoms with Crippen molar-refractivity contribution in [3.8, 4) is 11.5 Å². The van der Waals surface area contributed by atoms with Crippen molar-refractivity contribution in [2.45, 2.75) is 25.3 Å². The Labute approximate surface area is 114 Å². The van der Waals surface area contributed by atoms with Gasteiger partial charge in [0, 0.05) is 6.04 Å². The number of nitrogens with one attached hydrogen (secondary N) is 1. The molecule has 0 radical (unpaired) electrons. The minimum Gasteiger partial charge on any atom is -0.457 e. The van der Waals surface area contributed by atoms with Gasteiger partial charge in [0.1, 0.15) is 11.5 Å². The molecule has 1 unspecified atom stereocenters. The fraction of sp³-hybridized carbons (Fsp3) is 0.294. The molecule has 0 aliphatic carbocycles. The predicted octanol–water partition coefficient (Wildman–Crippen LogP) is 3.77. The van der Waals surface area contributed by atoms with Crippen LogP contribution in [0.1, 0.15) is 18.4 Å². The Morgan fingerprint density at radius 1 is 1.00 bits per heavy atom. The van der Waals surface area contributed by atoms with Gasteiger partial charge in [0.25, 0.3) is 0 Å². The Morgan fingerprint density at radius 2 is 1.79 bits per heavy atom. The molecule has 1 aliphatic heterocycles. The molecule has 0 saturated carbocycles. The molecule has 1 saturated heterocycles. The lowest BCUT2D eigenvalue weighted by atomic mass is 10.0. The third kappa shape index (κ3) is 3.15. The quantitative estimate of drug-likeness (QED) is 0.895. The summed E-state index contributed by atoms with van der Waals surface area (Å²) in [7, 11) is 0. The van der Waals surface area contributed by atoms with E-state index in [-0.39, 0.29) is 0 Å². The summed E-state index contributed by atoms with van der Waals surface area (Å²) in [5.41, 5.74) is 1.28. The molecule has 3 rings (SSSR count). The molecule has 1 aliphatic rings. The summed E-state index contributed by atoms with van der Waals surface area (Å²) in [5, 5.41) is 3.54. The Kier molecular flexibility index (Phi) is 3.80. The Balaban J connectivity index is 1.77. The second-order valence-electron chi connectivity index (χ2n) is 5.02. The van der Waals surface area contributed by atoms with Crippen LogP contribution in [0, 0.1) is 0 Å². The van der Waals surface area contributed by atoms with Gasteiger partial charge in [-0.05, 0) is 49.6 Å². The van der Waals surface area contributed by atoms with Gasteiger partial charge in [-0.25, -0.2) is 0 Å². The number of benzene rings is 2. The number of rotatable bonds is 4. The molecule has 1 N–H and O–H groups in total. The lowest BCUT2D eigenvalue weighted by Gasteiger charge is -2.14. The van der Waals surface area contributed by atoms with Crippen molar-refractivity contribution >= 4 is 0 Å². The summed E-state index contributed by atoms with van der Waals surface area (Å²) in [6, 6.07) is 18.9. The van der Waals surface area contributed by atoms with E-state index < -0.39 is 0 Å². The highest BCUT2D eigenvalue weighted by atomic mass is 16.5. The van der Waals surface area contributed by atoms with Gasteiger partial charge < -0.3 is 10.1 Å². The SMILES string of the molecule is c1ccc(Oc2ccccc2CC2CCCN2)cc1. The van der Waals surface area contributed by atoms with Gasteiger partial charge in [-0.1, -0.05) is 36.4 Å². The fourth-order valence-electron chi connectivity index (χ4n) is 2.58. The van der Waals surface area contributed by atoms with Crippen LogP contribution < -0.4 is 10.1 Å². The van der Waals surface area contributed by atoms with Crippen LogP contribution in [0.15, 0.2) is 54.6 Å². The number of para-hydroxylation sites is 2. The highest BCUT2D eigenvalue weighted by Crippen LogP contribution is 2.27. The lowest BCUT2D eigenvalue weighted by molar-refractivity contribution is 0.470. The van der Waals surface area contributed by atoms with E-state index in [9.17, 15) is 0 Å². The van der Waals surface area contributed by atoms with Gasteiger partial charge in [-0.2, -0.15) is 0 Å². The second-order valence-corrected chi connectivity index (χ2v) is 5.02. The van der Waals surface area contributed by atoms with Gasteiger partial charge >= 0.3 is 0 Å². The van der Waals surface area contributed by atoms with E-state index in [1.54, 1.807) is 0 Å². The van der Waals surface area contributed by atoms with Crippen molar-refractivity contribution in [2.24, 2.45) is 0 Å². The third-order valence-electron chi connectivity index (χ3n) is 3.57. The maximum absolute atomic E-state index is 5.99. The first-order valence-corrected chi connectivity index (χ1v) is 6.96. The zero-order valence-electron chi connectivity index (χ0n) is 11.0. The van der Waals surface area contributed by atoms with E-state index >= 15 is 0 Å². The summed E-state index contributed by atoms with van der Waals surface area (Å²) in [4.78, 5) is 0. The summed E-state index contributed by atoms with van der Waals surface area (Å²) in [6.07, 6.45) is 3.59. The maximum Gasteiger partial charge on any atom is 0.130 e. The normalized spacial score (nSPS) is 18.4. The molecular formula is C17H19NO. The van der Waals surface area contributed by atoms with Gasteiger partial charge in [0.15, 0.2) is 0 Å². The van der Waals surface area contributed by atoms with Crippen molar-refractivity contribution in [1.29, 1.82) is 0 Å². The highest BCUT2D eigenvalue weighted by Gasteiger charge is 2.16. The van der Waals surface area contributed by atoms with E-state index in [2.05, 4.69) is 23.5 Å². The standard InChI is InChI=1S/C17H19NO/c1-2-9-16(10-3-1)19-17-11-5-4-7-14(17)13-15-8-6-12-18-15/h1-5,7,9-11,15,18H,6,8,12-13H2. The molecule has 2 heteroatoms. The average molecular weight is 253 g/mol. The van der Waals surface area contributed by atoms with E-state index in [0.29, 0.717) is 6.04 Å². The molecule has 98 valence electrons. The molecular weight excluding hydrogens is 234 g/mol. The van der Waals surface area contributed by atoms with E-state index in [4.69, 9.17) is 4.74 Å². The van der Waals surface area contributed by atoms with Crippen LogP contribution in [-0.4, -0.2) is 12.6 Å². The largest absolute Gasteiger partial charge is 0.457 e. The van der Waals surface area contributed by atoms with E-state index in [0.717, 1.165) is 24.5 Å². The average Bonchev–Trinajstić information content (AvgIpc) is 2.95. The van der Waals surface area contributed by atoms with Gasteiger partial charge in [-0.15, -0.1) is 0 Å². The Morgan fingerprint density at radius 3 is 2.58 bits per heavy atom. The fourth-order valence-corrected chi connectivity index (χ4v) is 2.58. The first-order chi connectivity index (χ1) is 9.42. The highest BCUT2D eigenvalue weighted by molar-refractivity contribution is 5.38. The van der Waals surface area contributed by atoms with Gasteiger partial charge in [0.05, 0.1) is 0 Å². The molecule has 0 aromatic heterocycles. The van der Waals surface area contributed by atoms with Crippen LogP contribution in [0.3, 0.4) is 0 Å². The Bertz CT molecular complexity index is 518. The molecule has 0 spiro atoms. The molecule has 1 atom stereocenters. The zero-order chi connectivity index (χ0) is 12.9. The van der Waals surface area contributed by atoms with E-state index in [1.807, 2.05) is 36.4 Å². The molecule has 0 amide bonds. The van der Waals surface area contributed by atoms with Crippen LogP contribution in [0.2, 0.25) is 0 Å². The molecule has 19 heavy (non-hydrogen) atoms. The molecule has 2 aromatic carbocycles. The number of hydrogen-bond acceptors (Lipinski definition) is 2. The monoisotopic (exact) mass is 253 g/mol. The first kappa shape index (κ1) is 12.2. The lowest BCUT2D eigenvalue weighted by Crippen LogP contribution is -2.23. The minimum absolute atomic E-state index is 0.598. The topological polar surface area (TPSA) is 21.3 Å². The summed E-state index contributed by atoms with van der Waals surface area (Å²) < 4.78 is 5.99. The summed E-state index contributed by atoms with van der Waals surface area (Å²) in [6.45, 7) is 1.15. The molecule has 1 heterocycles. The molecule has 2 nitrogen and oxygen atoms in total. The third-order valence-corrected chi connectivity index (χ3v) is 3.57. The molecule has 0 bridgehead atoms. The second kappa shape index (κ2) is 5.89. The van der Waals surface area contributed by atoms with Crippen LogP contribution in [0.4, 0.5) is 0 Å². The Hall–Kier alpha value is -1.80. The van der Waals surface area contributed by atoms with Gasteiger partial charge in [-0.3, -0.25) is 0 Å². The predicted molar refractivity (Wildman–Crippen MR) is 77.7 cm³/mol. The van der Waals surface area contributed by atoms with Crippen molar-refractivity contribution in [2.75, 3.05) is 6.54 Å². The maximum atomic E-state index is 5.99. The van der Waals surface area contributed by atoms with Gasteiger partial charge in [0.2, 0.25) is 0 Å². The van der Waals surface area contributed by atoms with Crippen molar-refractivity contribution in [1.82, 2.24) is 5.32 Å². The minimum atomic E-state index is 0.598. The number of ether oxygens (including phenoxy) is 1.